The Morgan fingerprint density at radius 1 is 1.44 bits per heavy atom. The zero-order chi connectivity index (χ0) is 17.0. The summed E-state index contributed by atoms with van der Waals surface area (Å²) < 4.78 is 0.0515. The maximum Gasteiger partial charge on any atom is 0.224 e. The lowest BCUT2D eigenvalue weighted by Crippen LogP contribution is -2.45. The minimum atomic E-state index is 0. The molecule has 2 heterocycles. The van der Waals surface area contributed by atoms with Crippen molar-refractivity contribution in [2.45, 2.75) is 69.6 Å². The van der Waals surface area contributed by atoms with Gasteiger partial charge in [0.1, 0.15) is 0 Å². The summed E-state index contributed by atoms with van der Waals surface area (Å²) in [5, 5.41) is 3.29. The standard InChI is InChI=1S/C20H30N2OS.ClH/c1-3-4-5-6-9-15(2)22-19(23)16-14-24-20-12-8-7-10-18(20)21-13-11-17(16)20;/h7-8,10,13,15-17H,3-6,9,11-12,14H2,1-2H3,(H,22,23);1H. The van der Waals surface area contributed by atoms with E-state index in [2.05, 4.69) is 42.4 Å². The molecule has 0 aromatic heterocycles. The van der Waals surface area contributed by atoms with E-state index in [-0.39, 0.29) is 35.0 Å². The maximum absolute atomic E-state index is 12.9. The monoisotopic (exact) mass is 382 g/mol. The number of nitrogens with zero attached hydrogens (tertiary/aromatic N) is 1. The maximum atomic E-state index is 12.9. The highest BCUT2D eigenvalue weighted by Crippen LogP contribution is 2.57. The Bertz CT molecular complexity index is 560. The molecule has 0 radical (unpaired) electrons. The van der Waals surface area contributed by atoms with Gasteiger partial charge in [0, 0.05) is 18.0 Å². The molecular weight excluding hydrogens is 352 g/mol. The molecule has 25 heavy (non-hydrogen) atoms. The van der Waals surface area contributed by atoms with Crippen LogP contribution in [0.1, 0.15) is 58.8 Å². The van der Waals surface area contributed by atoms with Crippen molar-refractivity contribution in [2.75, 3.05) is 5.75 Å². The average Bonchev–Trinajstić information content (AvgIpc) is 2.96. The molecule has 3 aliphatic rings. The summed E-state index contributed by atoms with van der Waals surface area (Å²) in [6.07, 6.45) is 16.6. The second-order valence-corrected chi connectivity index (χ2v) is 8.75. The lowest BCUT2D eigenvalue weighted by molar-refractivity contribution is -0.126. The van der Waals surface area contributed by atoms with E-state index >= 15 is 0 Å². The summed E-state index contributed by atoms with van der Waals surface area (Å²) in [6.45, 7) is 4.38. The number of hydrogen-bond donors (Lipinski definition) is 1. The smallest absolute Gasteiger partial charge is 0.224 e. The van der Waals surface area contributed by atoms with E-state index in [1.807, 2.05) is 18.0 Å². The molecule has 0 bridgehead atoms. The first-order valence-corrected chi connectivity index (χ1v) is 10.5. The van der Waals surface area contributed by atoms with Gasteiger partial charge in [-0.25, -0.2) is 0 Å². The Balaban J connectivity index is 0.00000225. The van der Waals surface area contributed by atoms with E-state index in [0.717, 1.165) is 25.0 Å². The number of carbonyl (C=O) groups excluding carboxylic acids is 1. The van der Waals surface area contributed by atoms with Crippen molar-refractivity contribution in [2.24, 2.45) is 16.8 Å². The second kappa shape index (κ2) is 9.27. The van der Waals surface area contributed by atoms with E-state index in [4.69, 9.17) is 0 Å². The third-order valence-corrected chi connectivity index (χ3v) is 7.38. The van der Waals surface area contributed by atoms with Gasteiger partial charge in [-0.15, -0.1) is 24.2 Å². The van der Waals surface area contributed by atoms with Crippen molar-refractivity contribution in [3.05, 3.63) is 23.9 Å². The SMILES string of the molecule is CCCCCCC(C)NC(=O)C1CSC23CC=CC=C2N=CCC13.Cl. The van der Waals surface area contributed by atoms with Crippen LogP contribution in [0.2, 0.25) is 0 Å². The number of nitrogens with one attached hydrogen (secondary N) is 1. The molecule has 1 N–H and O–H groups in total. The number of carbonyl (C=O) groups is 1. The molecule has 0 saturated carbocycles. The van der Waals surface area contributed by atoms with Crippen molar-refractivity contribution in [1.29, 1.82) is 0 Å². The van der Waals surface area contributed by atoms with Gasteiger partial charge in [-0.3, -0.25) is 9.79 Å². The lowest BCUT2D eigenvalue weighted by Gasteiger charge is -2.39. The third kappa shape index (κ3) is 4.33. The Kier molecular flexibility index (Phi) is 7.63. The Morgan fingerprint density at radius 2 is 2.28 bits per heavy atom. The summed E-state index contributed by atoms with van der Waals surface area (Å²) in [7, 11) is 0. The van der Waals surface area contributed by atoms with Crippen LogP contribution in [0.4, 0.5) is 0 Å². The number of unbranched alkanes of at least 4 members (excludes halogenated alkanes) is 3. The first-order chi connectivity index (χ1) is 11.7. The number of rotatable bonds is 7. The zero-order valence-corrected chi connectivity index (χ0v) is 17.0. The van der Waals surface area contributed by atoms with Crippen LogP contribution in [0.15, 0.2) is 28.9 Å². The Hall–Kier alpha value is -0.740. The molecule has 0 aromatic rings. The van der Waals surface area contributed by atoms with Gasteiger partial charge in [0.15, 0.2) is 0 Å². The highest BCUT2D eigenvalue weighted by molar-refractivity contribution is 8.01. The summed E-state index contributed by atoms with van der Waals surface area (Å²) in [4.78, 5) is 17.5. The molecule has 1 aliphatic carbocycles. The van der Waals surface area contributed by atoms with Crippen molar-refractivity contribution in [3.63, 3.8) is 0 Å². The van der Waals surface area contributed by atoms with Crippen LogP contribution >= 0.6 is 24.2 Å². The Labute approximate surface area is 162 Å². The number of amides is 1. The zero-order valence-electron chi connectivity index (χ0n) is 15.4. The van der Waals surface area contributed by atoms with Crippen LogP contribution < -0.4 is 5.32 Å². The minimum absolute atomic E-state index is 0. The van der Waals surface area contributed by atoms with Gasteiger partial charge in [-0.05, 0) is 38.2 Å². The second-order valence-electron chi connectivity index (χ2n) is 7.40. The van der Waals surface area contributed by atoms with Crippen LogP contribution in [-0.4, -0.2) is 28.7 Å². The fraction of sp³-hybridized carbons (Fsp3) is 0.700. The predicted molar refractivity (Wildman–Crippen MR) is 111 cm³/mol. The predicted octanol–water partition coefficient (Wildman–Crippen LogP) is 4.92. The summed E-state index contributed by atoms with van der Waals surface area (Å²) >= 11 is 1.95. The van der Waals surface area contributed by atoms with E-state index < -0.39 is 0 Å². The van der Waals surface area contributed by atoms with E-state index in [9.17, 15) is 4.79 Å². The summed E-state index contributed by atoms with van der Waals surface area (Å²) in [6, 6.07) is 0.287. The first kappa shape index (κ1) is 20.6. The van der Waals surface area contributed by atoms with E-state index in [1.165, 1.54) is 31.4 Å². The molecule has 1 spiro atoms. The molecular formula is C20H31ClN2OS. The molecule has 1 amide bonds. The number of halogens is 1. The molecule has 4 atom stereocenters. The van der Waals surface area contributed by atoms with Crippen LogP contribution in [0.3, 0.4) is 0 Å². The van der Waals surface area contributed by atoms with Gasteiger partial charge < -0.3 is 5.32 Å². The number of thioether (sulfide) groups is 1. The fourth-order valence-corrected chi connectivity index (χ4v) is 6.06. The fourth-order valence-electron chi connectivity index (χ4n) is 4.24. The summed E-state index contributed by atoms with van der Waals surface area (Å²) in [5.41, 5.74) is 1.18. The van der Waals surface area contributed by atoms with Gasteiger partial charge in [-0.1, -0.05) is 44.8 Å². The van der Waals surface area contributed by atoms with Crippen LogP contribution in [0.25, 0.3) is 0 Å². The molecule has 5 heteroatoms. The van der Waals surface area contributed by atoms with Crippen LogP contribution in [0, 0.1) is 11.8 Å². The van der Waals surface area contributed by atoms with Crippen molar-refractivity contribution < 1.29 is 4.79 Å². The number of hydrogen-bond acceptors (Lipinski definition) is 3. The highest BCUT2D eigenvalue weighted by Gasteiger charge is 2.54. The molecule has 3 rings (SSSR count). The minimum Gasteiger partial charge on any atom is -0.353 e. The molecule has 1 fully saturated rings. The van der Waals surface area contributed by atoms with E-state index in [0.29, 0.717) is 5.92 Å². The largest absolute Gasteiger partial charge is 0.353 e. The Morgan fingerprint density at radius 3 is 3.08 bits per heavy atom. The molecule has 4 unspecified atom stereocenters. The average molecular weight is 383 g/mol. The van der Waals surface area contributed by atoms with Crippen LogP contribution in [0.5, 0.6) is 0 Å². The van der Waals surface area contributed by atoms with Crippen molar-refractivity contribution in [3.8, 4) is 0 Å². The third-order valence-electron chi connectivity index (χ3n) is 5.66. The molecule has 0 aromatic carbocycles. The highest BCUT2D eigenvalue weighted by atomic mass is 35.5. The van der Waals surface area contributed by atoms with Crippen molar-refractivity contribution in [1.82, 2.24) is 5.32 Å². The van der Waals surface area contributed by atoms with Crippen molar-refractivity contribution >= 4 is 36.3 Å². The molecule has 2 aliphatic heterocycles. The quantitative estimate of drug-likeness (QED) is 0.635. The van der Waals surface area contributed by atoms with Gasteiger partial charge in [0.05, 0.1) is 16.4 Å². The van der Waals surface area contributed by atoms with Gasteiger partial charge in [0.2, 0.25) is 5.91 Å². The summed E-state index contributed by atoms with van der Waals surface area (Å²) in [5.74, 6) is 1.70. The van der Waals surface area contributed by atoms with E-state index in [1.54, 1.807) is 0 Å². The first-order valence-electron chi connectivity index (χ1n) is 9.51. The van der Waals surface area contributed by atoms with Gasteiger partial charge in [0.25, 0.3) is 0 Å². The van der Waals surface area contributed by atoms with Crippen LogP contribution in [-0.2, 0) is 4.79 Å². The van der Waals surface area contributed by atoms with Gasteiger partial charge in [-0.2, -0.15) is 0 Å². The topological polar surface area (TPSA) is 41.5 Å². The number of aliphatic imine (C=N–C) groups is 1. The molecule has 3 nitrogen and oxygen atoms in total. The molecule has 140 valence electrons. The molecule has 1 saturated heterocycles. The lowest BCUT2D eigenvalue weighted by atomic mass is 9.73. The van der Waals surface area contributed by atoms with Gasteiger partial charge >= 0.3 is 0 Å². The normalized spacial score (nSPS) is 30.7. The number of allylic oxidation sites excluding steroid dienone is 3.